The zero-order valence-electron chi connectivity index (χ0n) is 14.4. The van der Waals surface area contributed by atoms with E-state index in [-0.39, 0.29) is 11.8 Å². The van der Waals surface area contributed by atoms with Crippen molar-refractivity contribution in [3.05, 3.63) is 54.9 Å². The topological polar surface area (TPSA) is 67.2 Å². The fraction of sp³-hybridized carbons (Fsp3) is 0.250. The summed E-state index contributed by atoms with van der Waals surface area (Å²) in [5.41, 5.74) is 3.40. The number of carbonyl (C=O) groups is 2. The third kappa shape index (κ3) is 3.18. The zero-order valence-corrected chi connectivity index (χ0v) is 14.4. The van der Waals surface area contributed by atoms with E-state index in [1.54, 1.807) is 11.2 Å². The SMILES string of the molecule is O=C(CCn1cnc2ccccc21)Nc1ccccc1N1CCCC1=O. The highest BCUT2D eigenvalue weighted by Gasteiger charge is 2.24. The van der Waals surface area contributed by atoms with Gasteiger partial charge in [0.25, 0.3) is 0 Å². The van der Waals surface area contributed by atoms with Crippen LogP contribution in [-0.2, 0) is 16.1 Å². The van der Waals surface area contributed by atoms with E-state index in [4.69, 9.17) is 0 Å². The minimum Gasteiger partial charge on any atom is -0.330 e. The van der Waals surface area contributed by atoms with Gasteiger partial charge in [0.05, 0.1) is 28.7 Å². The van der Waals surface area contributed by atoms with Crippen molar-refractivity contribution < 1.29 is 9.59 Å². The number of hydrogen-bond acceptors (Lipinski definition) is 3. The smallest absolute Gasteiger partial charge is 0.227 e. The van der Waals surface area contributed by atoms with Crippen molar-refractivity contribution in [3.8, 4) is 0 Å². The second-order valence-corrected chi connectivity index (χ2v) is 6.39. The Hall–Kier alpha value is -3.15. The molecule has 6 nitrogen and oxygen atoms in total. The molecule has 6 heteroatoms. The van der Waals surface area contributed by atoms with Gasteiger partial charge in [0, 0.05) is 25.9 Å². The van der Waals surface area contributed by atoms with Crippen LogP contribution >= 0.6 is 0 Å². The van der Waals surface area contributed by atoms with Crippen molar-refractivity contribution in [2.75, 3.05) is 16.8 Å². The number of anilines is 2. The van der Waals surface area contributed by atoms with Crippen molar-refractivity contribution in [2.45, 2.75) is 25.8 Å². The van der Waals surface area contributed by atoms with Gasteiger partial charge in [0.2, 0.25) is 11.8 Å². The average molecular weight is 348 g/mol. The molecule has 1 aliphatic rings. The first kappa shape index (κ1) is 16.3. The number of amides is 2. The Balaban J connectivity index is 1.45. The quantitative estimate of drug-likeness (QED) is 0.770. The minimum atomic E-state index is -0.0816. The third-order valence-electron chi connectivity index (χ3n) is 4.65. The summed E-state index contributed by atoms with van der Waals surface area (Å²) in [4.78, 5) is 30.6. The Morgan fingerprint density at radius 3 is 2.77 bits per heavy atom. The number of hydrogen-bond donors (Lipinski definition) is 1. The van der Waals surface area contributed by atoms with Gasteiger partial charge in [0.1, 0.15) is 0 Å². The molecule has 1 aliphatic heterocycles. The van der Waals surface area contributed by atoms with Gasteiger partial charge in [-0.05, 0) is 30.7 Å². The lowest BCUT2D eigenvalue weighted by Crippen LogP contribution is -2.25. The van der Waals surface area contributed by atoms with Crippen LogP contribution < -0.4 is 10.2 Å². The van der Waals surface area contributed by atoms with Crippen LogP contribution in [0.5, 0.6) is 0 Å². The third-order valence-corrected chi connectivity index (χ3v) is 4.65. The number of benzene rings is 2. The molecule has 1 saturated heterocycles. The number of nitrogens with one attached hydrogen (secondary N) is 1. The number of fused-ring (bicyclic) bond motifs is 1. The standard InChI is InChI=1S/C20H20N4O2/c25-19(11-13-23-14-21-15-6-1-3-8-17(15)23)22-16-7-2-4-9-18(16)24-12-5-10-20(24)26/h1-4,6-9,14H,5,10-13H2,(H,22,25). The van der Waals surface area contributed by atoms with Crippen molar-refractivity contribution >= 4 is 34.2 Å². The van der Waals surface area contributed by atoms with E-state index >= 15 is 0 Å². The van der Waals surface area contributed by atoms with Gasteiger partial charge in [0.15, 0.2) is 0 Å². The Morgan fingerprint density at radius 1 is 1.12 bits per heavy atom. The number of para-hydroxylation sites is 4. The zero-order chi connectivity index (χ0) is 17.9. The molecule has 0 spiro atoms. The predicted molar refractivity (Wildman–Crippen MR) is 101 cm³/mol. The number of rotatable bonds is 5. The first-order valence-corrected chi connectivity index (χ1v) is 8.81. The van der Waals surface area contributed by atoms with Crippen LogP contribution in [0.15, 0.2) is 54.9 Å². The fourth-order valence-corrected chi connectivity index (χ4v) is 3.34. The van der Waals surface area contributed by atoms with Crippen molar-refractivity contribution in [3.63, 3.8) is 0 Å². The number of nitrogens with zero attached hydrogens (tertiary/aromatic N) is 3. The van der Waals surface area contributed by atoms with Crippen LogP contribution in [0.4, 0.5) is 11.4 Å². The molecule has 1 N–H and O–H groups in total. The van der Waals surface area contributed by atoms with E-state index in [0.717, 1.165) is 23.1 Å². The van der Waals surface area contributed by atoms with Gasteiger partial charge in [-0.25, -0.2) is 4.98 Å². The minimum absolute atomic E-state index is 0.0816. The number of imidazole rings is 1. The van der Waals surface area contributed by atoms with Crippen LogP contribution in [0.2, 0.25) is 0 Å². The molecule has 0 unspecified atom stereocenters. The molecule has 1 fully saturated rings. The molecule has 3 aromatic rings. The molecule has 26 heavy (non-hydrogen) atoms. The first-order chi connectivity index (χ1) is 12.7. The molecule has 0 aliphatic carbocycles. The number of aryl methyl sites for hydroxylation is 1. The lowest BCUT2D eigenvalue weighted by Gasteiger charge is -2.20. The van der Waals surface area contributed by atoms with Gasteiger partial charge >= 0.3 is 0 Å². The van der Waals surface area contributed by atoms with Crippen LogP contribution in [0.3, 0.4) is 0 Å². The molecule has 2 aromatic carbocycles. The summed E-state index contributed by atoms with van der Waals surface area (Å²) in [5, 5.41) is 2.95. The van der Waals surface area contributed by atoms with Crippen molar-refractivity contribution in [1.82, 2.24) is 9.55 Å². The van der Waals surface area contributed by atoms with E-state index < -0.39 is 0 Å². The average Bonchev–Trinajstić information content (AvgIpc) is 3.27. The molecule has 1 aromatic heterocycles. The van der Waals surface area contributed by atoms with Gasteiger partial charge in [-0.1, -0.05) is 24.3 Å². The first-order valence-electron chi connectivity index (χ1n) is 8.81. The van der Waals surface area contributed by atoms with Crippen LogP contribution in [-0.4, -0.2) is 27.9 Å². The summed E-state index contributed by atoms with van der Waals surface area (Å²) < 4.78 is 1.98. The molecule has 0 saturated carbocycles. The molecular formula is C20H20N4O2. The maximum atomic E-state index is 12.4. The summed E-state index contributed by atoms with van der Waals surface area (Å²) in [7, 11) is 0. The van der Waals surface area contributed by atoms with Crippen LogP contribution in [0.25, 0.3) is 11.0 Å². The molecule has 4 rings (SSSR count). The van der Waals surface area contributed by atoms with E-state index in [0.29, 0.717) is 31.6 Å². The summed E-state index contributed by atoms with van der Waals surface area (Å²) in [6, 6.07) is 15.3. The normalized spacial score (nSPS) is 14.2. The summed E-state index contributed by atoms with van der Waals surface area (Å²) in [5.74, 6) is 0.0264. The molecule has 0 bridgehead atoms. The largest absolute Gasteiger partial charge is 0.330 e. The van der Waals surface area contributed by atoms with Crippen LogP contribution in [0, 0.1) is 0 Å². The van der Waals surface area contributed by atoms with Gasteiger partial charge in [-0.2, -0.15) is 0 Å². The van der Waals surface area contributed by atoms with Crippen molar-refractivity contribution in [1.29, 1.82) is 0 Å². The maximum absolute atomic E-state index is 12.4. The molecular weight excluding hydrogens is 328 g/mol. The van der Waals surface area contributed by atoms with Gasteiger partial charge < -0.3 is 14.8 Å². The number of aromatic nitrogens is 2. The van der Waals surface area contributed by atoms with Crippen LogP contribution in [0.1, 0.15) is 19.3 Å². The van der Waals surface area contributed by atoms with Gasteiger partial charge in [-0.3, -0.25) is 9.59 Å². The maximum Gasteiger partial charge on any atom is 0.227 e. The van der Waals surface area contributed by atoms with E-state index in [9.17, 15) is 9.59 Å². The van der Waals surface area contributed by atoms with E-state index in [1.165, 1.54) is 0 Å². The molecule has 0 atom stereocenters. The summed E-state index contributed by atoms with van der Waals surface area (Å²) in [6.45, 7) is 1.25. The van der Waals surface area contributed by atoms with E-state index in [1.807, 2.05) is 53.1 Å². The lowest BCUT2D eigenvalue weighted by atomic mass is 10.2. The lowest BCUT2D eigenvalue weighted by molar-refractivity contribution is -0.117. The molecule has 0 radical (unpaired) electrons. The Bertz CT molecular complexity index is 963. The summed E-state index contributed by atoms with van der Waals surface area (Å²) >= 11 is 0. The predicted octanol–water partition coefficient (Wildman–Crippen LogP) is 3.19. The Morgan fingerprint density at radius 2 is 1.92 bits per heavy atom. The molecule has 132 valence electrons. The second-order valence-electron chi connectivity index (χ2n) is 6.39. The van der Waals surface area contributed by atoms with E-state index in [2.05, 4.69) is 10.3 Å². The van der Waals surface area contributed by atoms with Gasteiger partial charge in [-0.15, -0.1) is 0 Å². The number of carbonyl (C=O) groups excluding carboxylic acids is 2. The Labute approximate surface area is 151 Å². The highest BCUT2D eigenvalue weighted by molar-refractivity contribution is 6.02. The fourth-order valence-electron chi connectivity index (χ4n) is 3.34. The highest BCUT2D eigenvalue weighted by Crippen LogP contribution is 2.29. The Kier molecular flexibility index (Phi) is 4.39. The highest BCUT2D eigenvalue weighted by atomic mass is 16.2. The monoisotopic (exact) mass is 348 g/mol. The second kappa shape index (κ2) is 7.00. The van der Waals surface area contributed by atoms with Crippen molar-refractivity contribution in [2.24, 2.45) is 0 Å². The molecule has 2 amide bonds. The summed E-state index contributed by atoms with van der Waals surface area (Å²) in [6.07, 6.45) is 3.52. The molecule has 2 heterocycles.